The van der Waals surface area contributed by atoms with E-state index in [4.69, 9.17) is 0 Å². The van der Waals surface area contributed by atoms with Crippen molar-refractivity contribution in [3.05, 3.63) is 47.8 Å². The van der Waals surface area contributed by atoms with Crippen molar-refractivity contribution in [2.24, 2.45) is 0 Å². The highest BCUT2D eigenvalue weighted by Gasteiger charge is 2.30. The summed E-state index contributed by atoms with van der Waals surface area (Å²) in [5, 5.41) is 5.30. The molecule has 3 rings (SSSR count). The molecule has 0 radical (unpaired) electrons. The van der Waals surface area contributed by atoms with Gasteiger partial charge in [0.25, 0.3) is 0 Å². The number of benzene rings is 1. The van der Waals surface area contributed by atoms with Crippen LogP contribution in [0.2, 0.25) is 0 Å². The van der Waals surface area contributed by atoms with E-state index >= 15 is 0 Å². The molecule has 2 atom stereocenters. The molecule has 1 aliphatic rings. The zero-order chi connectivity index (χ0) is 13.8. The van der Waals surface area contributed by atoms with E-state index in [0.717, 1.165) is 18.1 Å². The van der Waals surface area contributed by atoms with E-state index in [1.807, 2.05) is 24.2 Å². The maximum atomic E-state index is 4.36. The van der Waals surface area contributed by atoms with Crippen molar-refractivity contribution in [3.8, 4) is 0 Å². The summed E-state index contributed by atoms with van der Waals surface area (Å²) in [5.41, 5.74) is 2.97. The number of nitrogens with zero attached hydrogens (tertiary/aromatic N) is 1. The Hall–Kier alpha value is -1.26. The lowest BCUT2D eigenvalue weighted by Crippen LogP contribution is -2.34. The Balaban J connectivity index is 1.82. The molecule has 1 heterocycles. The van der Waals surface area contributed by atoms with Gasteiger partial charge < -0.3 is 10.3 Å². The average Bonchev–Trinajstić information content (AvgIpc) is 2.99. The van der Waals surface area contributed by atoms with Gasteiger partial charge in [-0.05, 0) is 36.9 Å². The lowest BCUT2D eigenvalue weighted by molar-refractivity contribution is 0.471. The molecule has 0 amide bonds. The van der Waals surface area contributed by atoms with Crippen molar-refractivity contribution in [2.75, 3.05) is 6.54 Å². The number of rotatable bonds is 5. The van der Waals surface area contributed by atoms with Gasteiger partial charge in [-0.3, -0.25) is 0 Å². The van der Waals surface area contributed by atoms with Gasteiger partial charge in [-0.1, -0.05) is 43.0 Å². The Bertz CT molecular complexity index is 538. The summed E-state index contributed by atoms with van der Waals surface area (Å²) in [4.78, 5) is 7.57. The molecule has 0 bridgehead atoms. The van der Waals surface area contributed by atoms with Crippen LogP contribution < -0.4 is 5.32 Å². The molecule has 2 aromatic rings. The largest absolute Gasteiger partial charge is 0.340 e. The van der Waals surface area contributed by atoms with Gasteiger partial charge in [0.05, 0.1) is 0 Å². The predicted molar refractivity (Wildman–Crippen MR) is 84.0 cm³/mol. The first-order valence-corrected chi connectivity index (χ1v) is 8.23. The predicted octanol–water partition coefficient (Wildman–Crippen LogP) is 3.56. The second-order valence-electron chi connectivity index (χ2n) is 5.22. The van der Waals surface area contributed by atoms with E-state index in [2.05, 4.69) is 46.5 Å². The summed E-state index contributed by atoms with van der Waals surface area (Å²) in [6.45, 7) is 3.28. The maximum Gasteiger partial charge on any atom is 0.165 e. The number of nitrogens with one attached hydrogen (secondary N) is 2. The first-order chi connectivity index (χ1) is 9.88. The van der Waals surface area contributed by atoms with E-state index in [1.54, 1.807) is 0 Å². The summed E-state index contributed by atoms with van der Waals surface area (Å²) < 4.78 is 0. The second kappa shape index (κ2) is 6.46. The molecule has 106 valence electrons. The monoisotopic (exact) mass is 287 g/mol. The molecule has 0 aliphatic heterocycles. The number of aryl methyl sites for hydroxylation is 1. The Labute approximate surface area is 124 Å². The molecule has 4 heteroatoms. The number of thioether (sulfide) groups is 1. The zero-order valence-corrected chi connectivity index (χ0v) is 12.6. The normalized spacial score (nSPS) is 21.6. The van der Waals surface area contributed by atoms with Gasteiger partial charge in [-0.25, -0.2) is 4.98 Å². The first-order valence-electron chi connectivity index (χ1n) is 7.35. The molecule has 20 heavy (non-hydrogen) atoms. The number of hydrogen-bond acceptors (Lipinski definition) is 3. The molecule has 1 aliphatic carbocycles. The summed E-state index contributed by atoms with van der Waals surface area (Å²) in [6.07, 6.45) is 7.25. The van der Waals surface area contributed by atoms with Gasteiger partial charge in [0.1, 0.15) is 0 Å². The molecule has 1 aromatic carbocycles. The van der Waals surface area contributed by atoms with Crippen LogP contribution in [0.4, 0.5) is 0 Å². The van der Waals surface area contributed by atoms with E-state index in [1.165, 1.54) is 24.0 Å². The van der Waals surface area contributed by atoms with Crippen LogP contribution in [0.1, 0.15) is 36.9 Å². The van der Waals surface area contributed by atoms with Crippen LogP contribution in [0.5, 0.6) is 0 Å². The number of aromatic amines is 1. The number of hydrogen-bond donors (Lipinski definition) is 2. The standard InChI is InChI=1S/C16H21N3S/c1-2-9-17-15-13-6-4-3-5-12(13)7-8-14(15)20-16-18-10-11-19-16/h3-6,10-11,14-15,17H,2,7-9H2,1H3,(H,18,19). The first kappa shape index (κ1) is 13.7. The smallest absolute Gasteiger partial charge is 0.165 e. The lowest BCUT2D eigenvalue weighted by Gasteiger charge is -2.33. The Morgan fingerprint density at radius 2 is 2.30 bits per heavy atom. The molecule has 1 aromatic heterocycles. The van der Waals surface area contributed by atoms with Crippen LogP contribution in [-0.4, -0.2) is 21.8 Å². The third-order valence-electron chi connectivity index (χ3n) is 3.81. The summed E-state index contributed by atoms with van der Waals surface area (Å²) in [7, 11) is 0. The van der Waals surface area contributed by atoms with E-state index in [0.29, 0.717) is 11.3 Å². The van der Waals surface area contributed by atoms with Crippen molar-refractivity contribution < 1.29 is 0 Å². The number of H-pyrrole nitrogens is 1. The van der Waals surface area contributed by atoms with Crippen molar-refractivity contribution in [1.29, 1.82) is 0 Å². The SMILES string of the molecule is CCCNC1c2ccccc2CCC1Sc1ncc[nH]1. The zero-order valence-electron chi connectivity index (χ0n) is 11.8. The molecular weight excluding hydrogens is 266 g/mol. The van der Waals surface area contributed by atoms with E-state index in [9.17, 15) is 0 Å². The lowest BCUT2D eigenvalue weighted by atomic mass is 9.87. The van der Waals surface area contributed by atoms with Crippen molar-refractivity contribution in [3.63, 3.8) is 0 Å². The summed E-state index contributed by atoms with van der Waals surface area (Å²) in [6, 6.07) is 9.27. The third-order valence-corrected chi connectivity index (χ3v) is 5.07. The second-order valence-corrected chi connectivity index (χ2v) is 6.45. The van der Waals surface area contributed by atoms with Gasteiger partial charge in [-0.15, -0.1) is 0 Å². The number of fused-ring (bicyclic) bond motifs is 1. The minimum atomic E-state index is 0.426. The molecule has 3 nitrogen and oxygen atoms in total. The van der Waals surface area contributed by atoms with Crippen molar-refractivity contribution in [1.82, 2.24) is 15.3 Å². The molecule has 0 fully saturated rings. The Kier molecular flexibility index (Phi) is 4.43. The van der Waals surface area contributed by atoms with Crippen LogP contribution in [0.3, 0.4) is 0 Å². The van der Waals surface area contributed by atoms with Crippen molar-refractivity contribution >= 4 is 11.8 Å². The van der Waals surface area contributed by atoms with Gasteiger partial charge in [0.15, 0.2) is 5.16 Å². The minimum Gasteiger partial charge on any atom is -0.340 e. The molecular formula is C16H21N3S. The van der Waals surface area contributed by atoms with Crippen LogP contribution in [0.15, 0.2) is 41.8 Å². The summed E-state index contributed by atoms with van der Waals surface area (Å²) >= 11 is 1.86. The minimum absolute atomic E-state index is 0.426. The average molecular weight is 287 g/mol. The highest BCUT2D eigenvalue weighted by atomic mass is 32.2. The third kappa shape index (κ3) is 2.91. The quantitative estimate of drug-likeness (QED) is 0.883. The van der Waals surface area contributed by atoms with Gasteiger partial charge in [-0.2, -0.15) is 0 Å². The van der Waals surface area contributed by atoms with Gasteiger partial charge in [0.2, 0.25) is 0 Å². The van der Waals surface area contributed by atoms with Crippen LogP contribution in [0.25, 0.3) is 0 Å². The molecule has 0 spiro atoms. The Morgan fingerprint density at radius 1 is 1.40 bits per heavy atom. The number of imidazole rings is 1. The Morgan fingerprint density at radius 3 is 3.10 bits per heavy atom. The van der Waals surface area contributed by atoms with Gasteiger partial charge in [0, 0.05) is 23.7 Å². The molecule has 2 N–H and O–H groups in total. The fraction of sp³-hybridized carbons (Fsp3) is 0.438. The summed E-state index contributed by atoms with van der Waals surface area (Å²) in [5.74, 6) is 0. The van der Waals surface area contributed by atoms with Crippen LogP contribution in [-0.2, 0) is 6.42 Å². The van der Waals surface area contributed by atoms with E-state index < -0.39 is 0 Å². The van der Waals surface area contributed by atoms with Gasteiger partial charge >= 0.3 is 0 Å². The molecule has 0 saturated carbocycles. The maximum absolute atomic E-state index is 4.36. The van der Waals surface area contributed by atoms with Crippen LogP contribution in [0, 0.1) is 0 Å². The fourth-order valence-corrected chi connectivity index (χ4v) is 4.02. The topological polar surface area (TPSA) is 40.7 Å². The van der Waals surface area contributed by atoms with Crippen molar-refractivity contribution in [2.45, 2.75) is 42.6 Å². The highest BCUT2D eigenvalue weighted by Crippen LogP contribution is 2.39. The number of aromatic nitrogens is 2. The van der Waals surface area contributed by atoms with Crippen LogP contribution >= 0.6 is 11.8 Å². The molecule has 2 unspecified atom stereocenters. The molecule has 0 saturated heterocycles. The highest BCUT2D eigenvalue weighted by molar-refractivity contribution is 7.99. The van der Waals surface area contributed by atoms with E-state index in [-0.39, 0.29) is 0 Å². The fourth-order valence-electron chi connectivity index (χ4n) is 2.86.